The van der Waals surface area contributed by atoms with E-state index in [9.17, 15) is 0 Å². The van der Waals surface area contributed by atoms with Gasteiger partial charge in [0.1, 0.15) is 0 Å². The molecule has 0 atom stereocenters. The second-order valence-electron chi connectivity index (χ2n) is 2.01. The first kappa shape index (κ1) is 7.98. The van der Waals surface area contributed by atoms with E-state index in [-0.39, 0.29) is 0 Å². The van der Waals surface area contributed by atoms with Gasteiger partial charge in [-0.1, -0.05) is 29.4 Å². The molecule has 0 saturated carbocycles. The van der Waals surface area contributed by atoms with Crippen molar-refractivity contribution >= 4 is 18.3 Å². The average Bonchev–Trinajstić information content (AvgIpc) is 2.07. The fraction of sp³-hybridized carbons (Fsp3) is 0.143. The summed E-state index contributed by atoms with van der Waals surface area (Å²) in [6.45, 7) is 0. The van der Waals surface area contributed by atoms with Crippen molar-refractivity contribution in [3.05, 3.63) is 40.3 Å². The van der Waals surface area contributed by atoms with Crippen LogP contribution in [0.4, 0.5) is 5.69 Å². The summed E-state index contributed by atoms with van der Waals surface area (Å²) in [5.74, 6) is 0.705. The first-order valence-corrected chi connectivity index (χ1v) is 3.75. The number of azide groups is 1. The molecular weight excluding hydrogens is 158 g/mol. The lowest BCUT2D eigenvalue weighted by molar-refractivity contribution is 1.39. The molecule has 0 aliphatic rings. The average molecular weight is 165 g/mol. The molecule has 3 nitrogen and oxygen atoms in total. The summed E-state index contributed by atoms with van der Waals surface area (Å²) < 4.78 is 0. The molecule has 0 aliphatic heterocycles. The van der Waals surface area contributed by atoms with Gasteiger partial charge in [0.2, 0.25) is 0 Å². The predicted octanol–water partition coefficient (Wildman–Crippen LogP) is 3.06. The summed E-state index contributed by atoms with van der Waals surface area (Å²) in [6.07, 6.45) is 0. The number of benzene rings is 1. The molecule has 0 aromatic heterocycles. The zero-order chi connectivity index (χ0) is 8.10. The topological polar surface area (TPSA) is 48.8 Å². The molecule has 0 amide bonds. The van der Waals surface area contributed by atoms with Gasteiger partial charge < -0.3 is 0 Å². The summed E-state index contributed by atoms with van der Waals surface area (Å²) in [4.78, 5) is 2.67. The molecule has 1 rings (SSSR count). The highest BCUT2D eigenvalue weighted by Crippen LogP contribution is 2.13. The molecule has 0 saturated heterocycles. The molecule has 0 fully saturated rings. The van der Waals surface area contributed by atoms with Crippen LogP contribution in [0.15, 0.2) is 29.4 Å². The van der Waals surface area contributed by atoms with Crippen molar-refractivity contribution in [2.45, 2.75) is 5.75 Å². The fourth-order valence-corrected chi connectivity index (χ4v) is 0.930. The van der Waals surface area contributed by atoms with Gasteiger partial charge in [-0.25, -0.2) is 0 Å². The van der Waals surface area contributed by atoms with E-state index in [0.717, 1.165) is 5.56 Å². The highest BCUT2D eigenvalue weighted by Gasteiger charge is 1.88. The molecule has 0 unspecified atom stereocenters. The molecule has 1 aromatic carbocycles. The zero-order valence-electron chi connectivity index (χ0n) is 5.81. The van der Waals surface area contributed by atoms with Crippen molar-refractivity contribution in [3.63, 3.8) is 0 Å². The maximum Gasteiger partial charge on any atom is 0.0375 e. The summed E-state index contributed by atoms with van der Waals surface area (Å²) in [6, 6.07) is 7.31. The molecule has 56 valence electrons. The Morgan fingerprint density at radius 2 is 2.00 bits per heavy atom. The number of thiol groups is 1. The second-order valence-corrected chi connectivity index (χ2v) is 2.33. The van der Waals surface area contributed by atoms with Crippen LogP contribution in [0.3, 0.4) is 0 Å². The van der Waals surface area contributed by atoms with E-state index in [4.69, 9.17) is 5.53 Å². The first-order valence-electron chi connectivity index (χ1n) is 3.11. The van der Waals surface area contributed by atoms with Gasteiger partial charge in [-0.05, 0) is 11.1 Å². The molecule has 0 aliphatic carbocycles. The molecular formula is C7H7N3S. The quantitative estimate of drug-likeness (QED) is 0.303. The van der Waals surface area contributed by atoms with E-state index < -0.39 is 0 Å². The van der Waals surface area contributed by atoms with Gasteiger partial charge in [-0.3, -0.25) is 0 Å². The van der Waals surface area contributed by atoms with Crippen molar-refractivity contribution in [1.82, 2.24) is 0 Å². The van der Waals surface area contributed by atoms with Gasteiger partial charge in [0.05, 0.1) is 0 Å². The monoisotopic (exact) mass is 165 g/mol. The van der Waals surface area contributed by atoms with E-state index in [1.807, 2.05) is 12.1 Å². The molecule has 0 bridgehead atoms. The van der Waals surface area contributed by atoms with Crippen LogP contribution in [-0.4, -0.2) is 0 Å². The van der Waals surface area contributed by atoms with Crippen molar-refractivity contribution in [3.8, 4) is 0 Å². The third-order valence-electron chi connectivity index (χ3n) is 1.28. The lowest BCUT2D eigenvalue weighted by Crippen LogP contribution is -1.73. The largest absolute Gasteiger partial charge is 0.175 e. The van der Waals surface area contributed by atoms with E-state index in [1.165, 1.54) is 0 Å². The first-order chi connectivity index (χ1) is 5.36. The van der Waals surface area contributed by atoms with Gasteiger partial charge >= 0.3 is 0 Å². The minimum Gasteiger partial charge on any atom is -0.175 e. The standard InChI is InChI=1S/C7H7N3S/c8-10-9-7-3-1-6(5-11)2-4-7/h1-4,11H,5H2. The lowest BCUT2D eigenvalue weighted by Gasteiger charge is -1.94. The van der Waals surface area contributed by atoms with Gasteiger partial charge in [0, 0.05) is 16.4 Å². The second kappa shape index (κ2) is 3.91. The minimum absolute atomic E-state index is 0.637. The van der Waals surface area contributed by atoms with Crippen molar-refractivity contribution < 1.29 is 0 Å². The van der Waals surface area contributed by atoms with E-state index >= 15 is 0 Å². The Hall–Kier alpha value is -1.12. The number of nitrogens with zero attached hydrogens (tertiary/aromatic N) is 3. The van der Waals surface area contributed by atoms with Crippen LogP contribution in [0.5, 0.6) is 0 Å². The smallest absolute Gasteiger partial charge is 0.0375 e. The van der Waals surface area contributed by atoms with Crippen LogP contribution in [0, 0.1) is 0 Å². The van der Waals surface area contributed by atoms with Crippen LogP contribution in [0.2, 0.25) is 0 Å². The normalized spacial score (nSPS) is 8.82. The molecule has 11 heavy (non-hydrogen) atoms. The maximum atomic E-state index is 8.09. The summed E-state index contributed by atoms with van der Waals surface area (Å²) in [5.41, 5.74) is 9.84. The third kappa shape index (κ3) is 2.18. The molecule has 4 heteroatoms. The Kier molecular flexibility index (Phi) is 2.83. The fourth-order valence-electron chi connectivity index (χ4n) is 0.720. The Labute approximate surface area is 70.1 Å². The van der Waals surface area contributed by atoms with Crippen LogP contribution in [-0.2, 0) is 5.75 Å². The van der Waals surface area contributed by atoms with Gasteiger partial charge in [0.25, 0.3) is 0 Å². The Morgan fingerprint density at radius 3 is 2.45 bits per heavy atom. The molecule has 0 radical (unpaired) electrons. The summed E-state index contributed by atoms with van der Waals surface area (Å²) in [5, 5.41) is 3.44. The SMILES string of the molecule is [N-]=[N+]=Nc1ccc(CS)cc1. The van der Waals surface area contributed by atoms with Crippen molar-refractivity contribution in [2.75, 3.05) is 0 Å². The summed E-state index contributed by atoms with van der Waals surface area (Å²) >= 11 is 4.09. The van der Waals surface area contributed by atoms with Gasteiger partial charge in [-0.2, -0.15) is 12.6 Å². The lowest BCUT2D eigenvalue weighted by atomic mass is 10.2. The Morgan fingerprint density at radius 1 is 1.36 bits per heavy atom. The zero-order valence-corrected chi connectivity index (χ0v) is 6.70. The van der Waals surface area contributed by atoms with Crippen LogP contribution >= 0.6 is 12.6 Å². The van der Waals surface area contributed by atoms with Crippen molar-refractivity contribution in [1.29, 1.82) is 0 Å². The summed E-state index contributed by atoms with van der Waals surface area (Å²) in [7, 11) is 0. The number of rotatable bonds is 2. The van der Waals surface area contributed by atoms with Crippen LogP contribution < -0.4 is 0 Å². The maximum absolute atomic E-state index is 8.09. The number of hydrogen-bond donors (Lipinski definition) is 1. The van der Waals surface area contributed by atoms with Crippen molar-refractivity contribution in [2.24, 2.45) is 5.11 Å². The number of hydrogen-bond acceptors (Lipinski definition) is 2. The molecule has 0 heterocycles. The van der Waals surface area contributed by atoms with E-state index in [2.05, 4.69) is 22.7 Å². The molecule has 1 aromatic rings. The van der Waals surface area contributed by atoms with Gasteiger partial charge in [-0.15, -0.1) is 0 Å². The highest BCUT2D eigenvalue weighted by atomic mass is 32.1. The molecule has 0 spiro atoms. The van der Waals surface area contributed by atoms with Gasteiger partial charge in [0.15, 0.2) is 0 Å². The van der Waals surface area contributed by atoms with E-state index in [0.29, 0.717) is 11.4 Å². The van der Waals surface area contributed by atoms with Crippen LogP contribution in [0.25, 0.3) is 10.4 Å². The Bertz CT molecular complexity index is 274. The Balaban J connectivity index is 2.91. The van der Waals surface area contributed by atoms with Crippen LogP contribution in [0.1, 0.15) is 5.56 Å². The van der Waals surface area contributed by atoms with E-state index in [1.54, 1.807) is 12.1 Å². The highest BCUT2D eigenvalue weighted by molar-refractivity contribution is 7.79. The minimum atomic E-state index is 0.637. The molecule has 0 N–H and O–H groups in total. The predicted molar refractivity (Wildman–Crippen MR) is 47.9 cm³/mol. The third-order valence-corrected chi connectivity index (χ3v) is 1.64.